The van der Waals surface area contributed by atoms with Crippen LogP contribution in [0.5, 0.6) is 0 Å². The summed E-state index contributed by atoms with van der Waals surface area (Å²) in [7, 11) is 5.08. The van der Waals surface area contributed by atoms with Crippen molar-refractivity contribution >= 4 is 11.8 Å². The predicted molar refractivity (Wildman–Crippen MR) is 85.8 cm³/mol. The van der Waals surface area contributed by atoms with Gasteiger partial charge in [-0.3, -0.25) is 0 Å². The van der Waals surface area contributed by atoms with E-state index < -0.39 is 4.92 Å². The minimum atomic E-state index is -0.573. The molecule has 3 heterocycles. The molecule has 2 aromatic rings. The first kappa shape index (κ1) is 16.9. The molecule has 1 fully saturated rings. The molecule has 0 radical (unpaired) electrons. The zero-order valence-electron chi connectivity index (χ0n) is 14.2. The summed E-state index contributed by atoms with van der Waals surface area (Å²) >= 11 is 0. The van der Waals surface area contributed by atoms with Crippen molar-refractivity contribution in [1.82, 2.24) is 29.5 Å². The number of aromatic nitrogens is 4. The number of imidazole rings is 1. The molecule has 0 atom stereocenters. The number of rotatable bonds is 3. The van der Waals surface area contributed by atoms with Crippen molar-refractivity contribution in [3.05, 3.63) is 22.3 Å². The van der Waals surface area contributed by atoms with E-state index >= 15 is 0 Å². The standard InChI is InChI=1S/C14H19N7O4/c1-18(2)14(22)20-6-4-9(5-7-20)13-16-11(17-25-13)10-12(21(23)24)15-8-19(10)3/h8-9H,4-7H2,1-3H3. The molecule has 0 unspecified atom stereocenters. The van der Waals surface area contributed by atoms with E-state index in [2.05, 4.69) is 15.1 Å². The number of hydrogen-bond acceptors (Lipinski definition) is 7. The molecule has 0 aromatic carbocycles. The Morgan fingerprint density at radius 3 is 2.68 bits per heavy atom. The molecule has 1 saturated heterocycles. The Kier molecular flexibility index (Phi) is 4.38. The van der Waals surface area contributed by atoms with E-state index in [1.807, 2.05) is 0 Å². The maximum Gasteiger partial charge on any atom is 0.393 e. The van der Waals surface area contributed by atoms with Crippen LogP contribution in [0.3, 0.4) is 0 Å². The van der Waals surface area contributed by atoms with Gasteiger partial charge in [0.15, 0.2) is 5.69 Å². The average Bonchev–Trinajstić information content (AvgIpc) is 3.20. The van der Waals surface area contributed by atoms with E-state index in [4.69, 9.17) is 4.52 Å². The molecule has 0 bridgehead atoms. The maximum absolute atomic E-state index is 12.0. The number of carbonyl (C=O) groups excluding carboxylic acids is 1. The van der Waals surface area contributed by atoms with Gasteiger partial charge in [0.25, 0.3) is 0 Å². The predicted octanol–water partition coefficient (Wildman–Crippen LogP) is 1.24. The molecule has 0 spiro atoms. The molecule has 1 aliphatic rings. The van der Waals surface area contributed by atoms with Gasteiger partial charge in [0.1, 0.15) is 0 Å². The van der Waals surface area contributed by atoms with Crippen LogP contribution in [0.15, 0.2) is 10.9 Å². The summed E-state index contributed by atoms with van der Waals surface area (Å²) in [6.07, 6.45) is 2.75. The molecule has 0 aliphatic carbocycles. The number of amides is 2. The Hall–Kier alpha value is -2.98. The van der Waals surface area contributed by atoms with E-state index in [-0.39, 0.29) is 29.3 Å². The lowest BCUT2D eigenvalue weighted by Crippen LogP contribution is -2.43. The number of piperidine rings is 1. The summed E-state index contributed by atoms with van der Waals surface area (Å²) in [5.74, 6) is 0.303. The summed E-state index contributed by atoms with van der Waals surface area (Å²) in [4.78, 5) is 33.9. The van der Waals surface area contributed by atoms with E-state index in [1.54, 1.807) is 30.9 Å². The second-order valence-electron chi connectivity index (χ2n) is 6.18. The molecule has 2 aromatic heterocycles. The maximum atomic E-state index is 12.0. The average molecular weight is 349 g/mol. The van der Waals surface area contributed by atoms with Gasteiger partial charge in [-0.15, -0.1) is 0 Å². The highest BCUT2D eigenvalue weighted by Crippen LogP contribution is 2.31. The van der Waals surface area contributed by atoms with Gasteiger partial charge >= 0.3 is 11.8 Å². The third-order valence-corrected chi connectivity index (χ3v) is 4.24. The number of nitro groups is 1. The van der Waals surface area contributed by atoms with Gasteiger partial charge in [-0.05, 0) is 22.7 Å². The molecule has 25 heavy (non-hydrogen) atoms. The van der Waals surface area contributed by atoms with Crippen molar-refractivity contribution in [2.45, 2.75) is 18.8 Å². The van der Waals surface area contributed by atoms with Crippen molar-refractivity contribution < 1.29 is 14.2 Å². The lowest BCUT2D eigenvalue weighted by atomic mass is 9.97. The number of aryl methyl sites for hydroxylation is 1. The quantitative estimate of drug-likeness (QED) is 0.603. The number of nitrogens with zero attached hydrogens (tertiary/aromatic N) is 7. The summed E-state index contributed by atoms with van der Waals surface area (Å²) in [6.45, 7) is 1.20. The van der Waals surface area contributed by atoms with E-state index in [9.17, 15) is 14.9 Å². The van der Waals surface area contributed by atoms with Crippen LogP contribution in [0.4, 0.5) is 10.6 Å². The van der Waals surface area contributed by atoms with Crippen LogP contribution < -0.4 is 0 Å². The number of carbonyl (C=O) groups is 1. The lowest BCUT2D eigenvalue weighted by Gasteiger charge is -2.32. The molecular weight excluding hydrogens is 330 g/mol. The highest BCUT2D eigenvalue weighted by Gasteiger charge is 2.31. The van der Waals surface area contributed by atoms with Crippen LogP contribution in [-0.2, 0) is 7.05 Å². The molecular formula is C14H19N7O4. The van der Waals surface area contributed by atoms with Crippen LogP contribution in [0.25, 0.3) is 11.5 Å². The smallest absolute Gasteiger partial charge is 0.358 e. The second kappa shape index (κ2) is 6.49. The SMILES string of the molecule is CN(C)C(=O)N1CCC(c2nc(-c3c([N+](=O)[O-])ncn3C)no2)CC1. The van der Waals surface area contributed by atoms with Crippen molar-refractivity contribution in [3.63, 3.8) is 0 Å². The topological polar surface area (TPSA) is 123 Å². The summed E-state index contributed by atoms with van der Waals surface area (Å²) < 4.78 is 6.81. The first-order chi connectivity index (χ1) is 11.9. The van der Waals surface area contributed by atoms with Gasteiger partial charge in [-0.2, -0.15) is 4.98 Å². The Balaban J connectivity index is 1.74. The van der Waals surface area contributed by atoms with E-state index in [1.165, 1.54) is 10.9 Å². The highest BCUT2D eigenvalue weighted by molar-refractivity contribution is 5.73. The van der Waals surface area contributed by atoms with Gasteiger partial charge in [0.2, 0.25) is 18.0 Å². The van der Waals surface area contributed by atoms with Crippen molar-refractivity contribution in [2.24, 2.45) is 7.05 Å². The van der Waals surface area contributed by atoms with Gasteiger partial charge < -0.3 is 29.0 Å². The van der Waals surface area contributed by atoms with Crippen molar-refractivity contribution in [2.75, 3.05) is 27.2 Å². The molecule has 11 nitrogen and oxygen atoms in total. The second-order valence-corrected chi connectivity index (χ2v) is 6.18. The summed E-state index contributed by atoms with van der Waals surface area (Å²) in [5, 5.41) is 15.0. The molecule has 0 N–H and O–H groups in total. The zero-order chi connectivity index (χ0) is 18.1. The van der Waals surface area contributed by atoms with Crippen molar-refractivity contribution in [3.8, 4) is 11.5 Å². The monoisotopic (exact) mass is 349 g/mol. The molecule has 0 saturated carbocycles. The summed E-state index contributed by atoms with van der Waals surface area (Å²) in [6, 6.07) is -0.0184. The van der Waals surface area contributed by atoms with E-state index in [0.717, 1.165) is 0 Å². The fourth-order valence-electron chi connectivity index (χ4n) is 2.91. The van der Waals surface area contributed by atoms with Crippen LogP contribution in [0.1, 0.15) is 24.7 Å². The van der Waals surface area contributed by atoms with Gasteiger partial charge in [0.05, 0.1) is 0 Å². The largest absolute Gasteiger partial charge is 0.393 e. The normalized spacial score (nSPS) is 15.4. The van der Waals surface area contributed by atoms with E-state index in [0.29, 0.717) is 31.8 Å². The minimum Gasteiger partial charge on any atom is -0.358 e. The molecule has 1 aliphatic heterocycles. The van der Waals surface area contributed by atoms with Gasteiger partial charge in [0, 0.05) is 40.2 Å². The first-order valence-corrected chi connectivity index (χ1v) is 7.84. The number of urea groups is 1. The Bertz CT molecular complexity index is 789. The van der Waals surface area contributed by atoms with Crippen LogP contribution in [0.2, 0.25) is 0 Å². The molecule has 134 valence electrons. The molecule has 3 rings (SSSR count). The number of hydrogen-bond donors (Lipinski definition) is 0. The third kappa shape index (κ3) is 3.16. The zero-order valence-corrected chi connectivity index (χ0v) is 14.2. The van der Waals surface area contributed by atoms with Crippen LogP contribution >= 0.6 is 0 Å². The minimum absolute atomic E-state index is 0.0184. The van der Waals surface area contributed by atoms with Crippen LogP contribution in [0, 0.1) is 10.1 Å². The third-order valence-electron chi connectivity index (χ3n) is 4.24. The Labute approximate surface area is 143 Å². The summed E-state index contributed by atoms with van der Waals surface area (Å²) in [5.41, 5.74) is 0.209. The fourth-order valence-corrected chi connectivity index (χ4v) is 2.91. The highest BCUT2D eigenvalue weighted by atomic mass is 16.6. The molecule has 2 amide bonds. The molecule has 11 heteroatoms. The van der Waals surface area contributed by atoms with Crippen LogP contribution in [-0.4, -0.2) is 67.6 Å². The Morgan fingerprint density at radius 1 is 1.40 bits per heavy atom. The lowest BCUT2D eigenvalue weighted by molar-refractivity contribution is -0.388. The number of likely N-dealkylation sites (tertiary alicyclic amines) is 1. The fraction of sp³-hybridized carbons (Fsp3) is 0.571. The Morgan fingerprint density at radius 2 is 2.08 bits per heavy atom. The van der Waals surface area contributed by atoms with Gasteiger partial charge in [-0.25, -0.2) is 4.79 Å². The van der Waals surface area contributed by atoms with Gasteiger partial charge in [-0.1, -0.05) is 5.16 Å². The van der Waals surface area contributed by atoms with Crippen molar-refractivity contribution in [1.29, 1.82) is 0 Å². The first-order valence-electron chi connectivity index (χ1n) is 7.84.